The molecule has 0 unspecified atom stereocenters. The fourth-order valence-electron chi connectivity index (χ4n) is 3.42. The van der Waals surface area contributed by atoms with Crippen LogP contribution in [0, 0.1) is 0 Å². The second kappa shape index (κ2) is 8.71. The Morgan fingerprint density at radius 1 is 0.944 bits per heavy atom. The average Bonchev–Trinajstić information content (AvgIpc) is 3.35. The third-order valence-electron chi connectivity index (χ3n) is 5.15. The van der Waals surface area contributed by atoms with Crippen LogP contribution in [0.25, 0.3) is 16.9 Å². The van der Waals surface area contributed by atoms with E-state index in [1.807, 2.05) is 0 Å². The van der Waals surface area contributed by atoms with E-state index in [4.69, 9.17) is 11.6 Å². The van der Waals surface area contributed by atoms with Crippen LogP contribution in [-0.2, 0) is 23.6 Å². The third kappa shape index (κ3) is 4.40. The van der Waals surface area contributed by atoms with Crippen LogP contribution in [0.5, 0.6) is 0 Å². The standard InChI is InChI=1S/C20H12ClF10N3O2/c1-33-14(17(22,19(26,27)28)20(29,30)31)6-12(18(23,24)25)15(33)34-8-10(7-32-34)9-3-4-13(21)11(5-9)16(35)36-2/h3-8H,1-2H3. The summed E-state index contributed by atoms with van der Waals surface area (Å²) in [6.45, 7) is 0. The van der Waals surface area contributed by atoms with E-state index in [2.05, 4.69) is 9.84 Å². The molecule has 16 heteroatoms. The van der Waals surface area contributed by atoms with Crippen molar-refractivity contribution in [2.45, 2.75) is 24.2 Å². The van der Waals surface area contributed by atoms with Gasteiger partial charge in [-0.1, -0.05) is 17.7 Å². The Kier molecular flexibility index (Phi) is 6.62. The Bertz CT molecular complexity index is 1290. The quantitative estimate of drug-likeness (QED) is 0.270. The molecule has 0 bridgehead atoms. The molecule has 0 amide bonds. The first-order valence-electron chi connectivity index (χ1n) is 9.37. The summed E-state index contributed by atoms with van der Waals surface area (Å²) in [6, 6.07) is 3.18. The van der Waals surface area contributed by atoms with E-state index >= 15 is 0 Å². The van der Waals surface area contributed by atoms with Crippen molar-refractivity contribution in [3.63, 3.8) is 0 Å². The smallest absolute Gasteiger partial charge is 0.437 e. The van der Waals surface area contributed by atoms with E-state index < -0.39 is 53.3 Å². The van der Waals surface area contributed by atoms with Crippen molar-refractivity contribution < 1.29 is 53.4 Å². The van der Waals surface area contributed by atoms with Crippen molar-refractivity contribution in [1.82, 2.24) is 14.3 Å². The molecule has 0 fully saturated rings. The number of esters is 1. The summed E-state index contributed by atoms with van der Waals surface area (Å²) in [5, 5.41) is 3.56. The number of methoxy groups -OCH3 is 1. The number of hydrogen-bond donors (Lipinski definition) is 0. The van der Waals surface area contributed by atoms with E-state index in [9.17, 15) is 48.7 Å². The zero-order valence-electron chi connectivity index (χ0n) is 17.8. The molecule has 0 radical (unpaired) electrons. The van der Waals surface area contributed by atoms with Gasteiger partial charge in [0, 0.05) is 18.8 Å². The Hall–Kier alpha value is -3.23. The van der Waals surface area contributed by atoms with Gasteiger partial charge in [0.15, 0.2) is 0 Å². The fraction of sp³-hybridized carbons (Fsp3) is 0.300. The van der Waals surface area contributed by atoms with Gasteiger partial charge in [-0.3, -0.25) is 0 Å². The molecule has 5 nitrogen and oxygen atoms in total. The Morgan fingerprint density at radius 2 is 1.53 bits per heavy atom. The van der Waals surface area contributed by atoms with Crippen LogP contribution < -0.4 is 0 Å². The first-order chi connectivity index (χ1) is 16.3. The van der Waals surface area contributed by atoms with Gasteiger partial charge in [-0.2, -0.15) is 44.6 Å². The maximum Gasteiger partial charge on any atom is 0.437 e. The summed E-state index contributed by atoms with van der Waals surface area (Å²) < 4.78 is 140. The molecule has 2 aromatic heterocycles. The monoisotopic (exact) mass is 551 g/mol. The summed E-state index contributed by atoms with van der Waals surface area (Å²) in [5.41, 5.74) is -10.5. The van der Waals surface area contributed by atoms with Gasteiger partial charge in [0.2, 0.25) is 0 Å². The fourth-order valence-corrected chi connectivity index (χ4v) is 3.61. The van der Waals surface area contributed by atoms with Gasteiger partial charge in [-0.15, -0.1) is 0 Å². The Morgan fingerprint density at radius 3 is 2.03 bits per heavy atom. The van der Waals surface area contributed by atoms with Gasteiger partial charge >= 0.3 is 30.2 Å². The van der Waals surface area contributed by atoms with Gasteiger partial charge in [-0.25, -0.2) is 13.9 Å². The number of hydrogen-bond acceptors (Lipinski definition) is 3. The molecule has 0 saturated heterocycles. The minimum Gasteiger partial charge on any atom is -0.465 e. The summed E-state index contributed by atoms with van der Waals surface area (Å²) in [4.78, 5) is 11.8. The molecule has 0 atom stereocenters. The third-order valence-corrected chi connectivity index (χ3v) is 5.47. The van der Waals surface area contributed by atoms with Gasteiger partial charge in [0.05, 0.1) is 29.6 Å². The number of benzene rings is 1. The molecule has 1 aromatic carbocycles. The molecular formula is C20H12ClF10N3O2. The van der Waals surface area contributed by atoms with Crippen LogP contribution in [-0.4, -0.2) is 39.8 Å². The highest BCUT2D eigenvalue weighted by molar-refractivity contribution is 6.33. The molecule has 196 valence electrons. The van der Waals surface area contributed by atoms with E-state index in [1.165, 1.54) is 18.2 Å². The first-order valence-corrected chi connectivity index (χ1v) is 9.75. The molecule has 0 aliphatic carbocycles. The van der Waals surface area contributed by atoms with Gasteiger partial charge in [0.25, 0.3) is 0 Å². The van der Waals surface area contributed by atoms with E-state index in [1.54, 1.807) is 0 Å². The number of halogens is 11. The number of ether oxygens (including phenoxy) is 1. The number of rotatable bonds is 4. The lowest BCUT2D eigenvalue weighted by atomic mass is 10.00. The highest BCUT2D eigenvalue weighted by atomic mass is 35.5. The predicted molar refractivity (Wildman–Crippen MR) is 104 cm³/mol. The minimum absolute atomic E-state index is 0.00847. The number of carbonyl (C=O) groups is 1. The zero-order valence-corrected chi connectivity index (χ0v) is 18.5. The van der Waals surface area contributed by atoms with Crippen LogP contribution in [0.2, 0.25) is 5.02 Å². The van der Waals surface area contributed by atoms with E-state index in [-0.39, 0.29) is 26.3 Å². The second-order valence-electron chi connectivity index (χ2n) is 7.34. The lowest BCUT2D eigenvalue weighted by Crippen LogP contribution is -2.51. The number of alkyl halides is 10. The van der Waals surface area contributed by atoms with Crippen LogP contribution in [0.4, 0.5) is 43.9 Å². The molecule has 3 rings (SSSR count). The maximum absolute atomic E-state index is 14.6. The normalized spacial score (nSPS) is 13.2. The van der Waals surface area contributed by atoms with Gasteiger partial charge in [0.1, 0.15) is 11.4 Å². The van der Waals surface area contributed by atoms with Crippen molar-refractivity contribution in [2.24, 2.45) is 7.05 Å². The molecule has 0 saturated carbocycles. The molecule has 0 N–H and O–H groups in total. The Balaban J connectivity index is 2.25. The molecule has 0 aliphatic heterocycles. The number of nitrogens with zero attached hydrogens (tertiary/aromatic N) is 3. The molecule has 36 heavy (non-hydrogen) atoms. The van der Waals surface area contributed by atoms with Crippen molar-refractivity contribution in [3.8, 4) is 16.9 Å². The van der Waals surface area contributed by atoms with E-state index in [0.29, 0.717) is 11.7 Å². The molecule has 0 aliphatic rings. The first kappa shape index (κ1) is 27.4. The Labute approximate surface area is 199 Å². The largest absolute Gasteiger partial charge is 0.465 e. The predicted octanol–water partition coefficient (Wildman–Crippen LogP) is 6.63. The van der Waals surface area contributed by atoms with Gasteiger partial charge in [-0.05, 0) is 23.8 Å². The molecular weight excluding hydrogens is 540 g/mol. The van der Waals surface area contributed by atoms with E-state index in [0.717, 1.165) is 19.5 Å². The van der Waals surface area contributed by atoms with Crippen molar-refractivity contribution >= 4 is 17.6 Å². The topological polar surface area (TPSA) is 49.0 Å². The lowest BCUT2D eigenvalue weighted by molar-refractivity contribution is -0.350. The molecule has 2 heterocycles. The van der Waals surface area contributed by atoms with Gasteiger partial charge < -0.3 is 9.30 Å². The maximum atomic E-state index is 14.6. The summed E-state index contributed by atoms with van der Waals surface area (Å²) >= 11 is 5.90. The highest BCUT2D eigenvalue weighted by Crippen LogP contribution is 2.54. The van der Waals surface area contributed by atoms with Crippen LogP contribution in [0.3, 0.4) is 0 Å². The van der Waals surface area contributed by atoms with Crippen LogP contribution in [0.15, 0.2) is 36.7 Å². The van der Waals surface area contributed by atoms with Crippen LogP contribution in [0.1, 0.15) is 21.6 Å². The van der Waals surface area contributed by atoms with Crippen molar-refractivity contribution in [2.75, 3.05) is 7.11 Å². The second-order valence-corrected chi connectivity index (χ2v) is 7.74. The van der Waals surface area contributed by atoms with Crippen molar-refractivity contribution in [1.29, 1.82) is 0 Å². The number of carbonyl (C=O) groups excluding carboxylic acids is 1. The summed E-state index contributed by atoms with van der Waals surface area (Å²) in [5.74, 6) is -2.18. The number of aromatic nitrogens is 3. The highest BCUT2D eigenvalue weighted by Gasteiger charge is 2.75. The SMILES string of the molecule is COC(=O)c1cc(-c2cnn(-c3c(C(F)(F)F)cc(C(F)(C(F)(F)F)C(F)(F)F)n3C)c2)ccc1Cl. The molecule has 3 aromatic rings. The molecule has 0 spiro atoms. The summed E-state index contributed by atoms with van der Waals surface area (Å²) in [6.07, 6.45) is -17.0. The average molecular weight is 552 g/mol. The zero-order chi connectivity index (χ0) is 27.4. The minimum atomic E-state index is -6.64. The lowest BCUT2D eigenvalue weighted by Gasteiger charge is -2.30. The van der Waals surface area contributed by atoms with Crippen LogP contribution >= 0.6 is 11.6 Å². The van der Waals surface area contributed by atoms with Crippen molar-refractivity contribution in [3.05, 3.63) is 58.5 Å². The summed E-state index contributed by atoms with van der Waals surface area (Å²) in [7, 11) is 1.46.